The van der Waals surface area contributed by atoms with Gasteiger partial charge in [-0.3, -0.25) is 9.69 Å². The van der Waals surface area contributed by atoms with Crippen molar-refractivity contribution in [1.29, 1.82) is 5.26 Å². The molecule has 1 aliphatic carbocycles. The van der Waals surface area contributed by atoms with E-state index in [4.69, 9.17) is 19.5 Å². The molecule has 35 heavy (non-hydrogen) atoms. The lowest BCUT2D eigenvalue weighted by atomic mass is 9.86. The van der Waals surface area contributed by atoms with E-state index in [1.54, 1.807) is 36.4 Å². The van der Waals surface area contributed by atoms with Crippen molar-refractivity contribution in [2.45, 2.75) is 36.8 Å². The van der Waals surface area contributed by atoms with Crippen LogP contribution in [0.1, 0.15) is 47.2 Å². The van der Waals surface area contributed by atoms with Crippen LogP contribution in [-0.2, 0) is 19.8 Å². The Balaban J connectivity index is 1.42. The molecule has 0 spiro atoms. The lowest BCUT2D eigenvalue weighted by Gasteiger charge is -2.43. The fourth-order valence-corrected chi connectivity index (χ4v) is 4.62. The summed E-state index contributed by atoms with van der Waals surface area (Å²) in [6, 6.07) is 16.4. The monoisotopic (exact) mass is 477 g/mol. The highest BCUT2D eigenvalue weighted by molar-refractivity contribution is 5.89. The largest absolute Gasteiger partial charge is 0.492 e. The van der Waals surface area contributed by atoms with Gasteiger partial charge in [0.15, 0.2) is 0 Å². The van der Waals surface area contributed by atoms with Crippen LogP contribution in [0, 0.1) is 11.3 Å². The molecular formula is C27H31N3O5. The van der Waals surface area contributed by atoms with Crippen LogP contribution in [-0.4, -0.2) is 62.8 Å². The molecule has 2 fully saturated rings. The third-order valence-electron chi connectivity index (χ3n) is 7.11. The Hall–Kier alpha value is -3.41. The Morgan fingerprint density at radius 2 is 1.71 bits per heavy atom. The van der Waals surface area contributed by atoms with Crippen molar-refractivity contribution in [1.82, 2.24) is 10.2 Å². The second-order valence-electron chi connectivity index (χ2n) is 9.16. The first-order valence-electron chi connectivity index (χ1n) is 11.9. The van der Waals surface area contributed by atoms with E-state index in [9.17, 15) is 9.59 Å². The van der Waals surface area contributed by atoms with Crippen LogP contribution >= 0.6 is 0 Å². The lowest BCUT2D eigenvalue weighted by Crippen LogP contribution is -2.62. The fourth-order valence-electron chi connectivity index (χ4n) is 4.62. The number of likely N-dealkylation sites (N-methyl/N-ethyl adjacent to an activating group) is 1. The Kier molecular flexibility index (Phi) is 7.39. The van der Waals surface area contributed by atoms with Gasteiger partial charge in [0, 0.05) is 19.8 Å². The number of carbonyl (C=O) groups excluding carboxylic acids is 2. The molecule has 2 aromatic carbocycles. The van der Waals surface area contributed by atoms with E-state index in [0.717, 1.165) is 18.4 Å². The Bertz CT molecular complexity index is 1080. The maximum Gasteiger partial charge on any atom is 0.337 e. The standard InChI is InChI=1S/C27H31N3O5/c1-30(15-18-35-23-9-3-20(19-28)4-10-23)27(13-16-34-17-14-27)25(32)29-26(11-12-26)22-7-5-21(6-8-22)24(31)33-2/h3-10H,11-18H2,1-2H3,(H,29,32). The van der Waals surface area contributed by atoms with E-state index in [0.29, 0.717) is 56.1 Å². The van der Waals surface area contributed by atoms with Gasteiger partial charge in [-0.05, 0) is 74.7 Å². The molecule has 1 amide bonds. The molecule has 1 N–H and O–H groups in total. The van der Waals surface area contributed by atoms with Gasteiger partial charge in [0.2, 0.25) is 5.91 Å². The molecule has 2 aromatic rings. The number of nitrogens with one attached hydrogen (secondary N) is 1. The first-order valence-corrected chi connectivity index (χ1v) is 11.9. The number of carbonyl (C=O) groups is 2. The van der Waals surface area contributed by atoms with E-state index in [1.807, 2.05) is 19.2 Å². The Morgan fingerprint density at radius 1 is 1.06 bits per heavy atom. The lowest BCUT2D eigenvalue weighted by molar-refractivity contribution is -0.140. The van der Waals surface area contributed by atoms with Crippen LogP contribution < -0.4 is 10.1 Å². The SMILES string of the molecule is COC(=O)c1ccc(C2(NC(=O)C3(N(C)CCOc4ccc(C#N)cc4)CCOCC3)CC2)cc1. The maximum absolute atomic E-state index is 13.8. The molecular weight excluding hydrogens is 446 g/mol. The van der Waals surface area contributed by atoms with Gasteiger partial charge >= 0.3 is 5.97 Å². The highest BCUT2D eigenvalue weighted by Gasteiger charge is 2.51. The minimum absolute atomic E-state index is 0.00350. The summed E-state index contributed by atoms with van der Waals surface area (Å²) in [6.45, 7) is 2.02. The summed E-state index contributed by atoms with van der Waals surface area (Å²) in [4.78, 5) is 27.6. The normalized spacial score (nSPS) is 17.8. The molecule has 8 nitrogen and oxygen atoms in total. The summed E-state index contributed by atoms with van der Waals surface area (Å²) in [5.74, 6) is 0.308. The molecule has 1 aliphatic heterocycles. The molecule has 2 aliphatic rings. The number of methoxy groups -OCH3 is 1. The number of nitrogens with zero attached hydrogens (tertiary/aromatic N) is 2. The number of amides is 1. The first-order chi connectivity index (χ1) is 16.9. The third kappa shape index (κ3) is 5.31. The Labute approximate surface area is 205 Å². The van der Waals surface area contributed by atoms with E-state index >= 15 is 0 Å². The second kappa shape index (κ2) is 10.5. The predicted octanol–water partition coefficient (Wildman–Crippen LogP) is 3.01. The van der Waals surface area contributed by atoms with Crippen LogP contribution in [0.5, 0.6) is 5.75 Å². The molecule has 8 heteroatoms. The van der Waals surface area contributed by atoms with E-state index < -0.39 is 11.1 Å². The summed E-state index contributed by atoms with van der Waals surface area (Å²) in [5, 5.41) is 12.3. The number of benzene rings is 2. The summed E-state index contributed by atoms with van der Waals surface area (Å²) in [6.07, 6.45) is 2.91. The maximum atomic E-state index is 13.8. The number of hydrogen-bond acceptors (Lipinski definition) is 7. The van der Waals surface area contributed by atoms with Crippen molar-refractivity contribution >= 4 is 11.9 Å². The summed E-state index contributed by atoms with van der Waals surface area (Å²) in [7, 11) is 3.32. The molecule has 0 atom stereocenters. The molecule has 1 saturated heterocycles. The van der Waals surface area contributed by atoms with Crippen molar-refractivity contribution < 1.29 is 23.8 Å². The predicted molar refractivity (Wildman–Crippen MR) is 129 cm³/mol. The highest BCUT2D eigenvalue weighted by atomic mass is 16.5. The van der Waals surface area contributed by atoms with Crippen LogP contribution in [0.4, 0.5) is 0 Å². The molecule has 1 saturated carbocycles. The molecule has 0 radical (unpaired) electrons. The van der Waals surface area contributed by atoms with Gasteiger partial charge < -0.3 is 19.5 Å². The number of ether oxygens (including phenoxy) is 3. The molecule has 0 bridgehead atoms. The van der Waals surface area contributed by atoms with Gasteiger partial charge in [-0.25, -0.2) is 4.79 Å². The molecule has 1 heterocycles. The van der Waals surface area contributed by atoms with Crippen molar-refractivity contribution in [3.05, 3.63) is 65.2 Å². The van der Waals surface area contributed by atoms with Crippen molar-refractivity contribution in [3.63, 3.8) is 0 Å². The zero-order valence-electron chi connectivity index (χ0n) is 20.2. The van der Waals surface area contributed by atoms with Gasteiger partial charge in [-0.2, -0.15) is 5.26 Å². The van der Waals surface area contributed by atoms with Crippen LogP contribution in [0.3, 0.4) is 0 Å². The van der Waals surface area contributed by atoms with Gasteiger partial charge in [-0.1, -0.05) is 12.1 Å². The van der Waals surface area contributed by atoms with E-state index in [2.05, 4.69) is 16.3 Å². The summed E-state index contributed by atoms with van der Waals surface area (Å²) < 4.78 is 16.2. The van der Waals surface area contributed by atoms with Gasteiger partial charge in [0.05, 0.1) is 29.8 Å². The third-order valence-corrected chi connectivity index (χ3v) is 7.11. The fraction of sp³-hybridized carbons (Fsp3) is 0.444. The first kappa shape index (κ1) is 24.7. The number of nitriles is 1. The second-order valence-corrected chi connectivity index (χ2v) is 9.16. The summed E-state index contributed by atoms with van der Waals surface area (Å²) in [5.41, 5.74) is 0.972. The molecule has 184 valence electrons. The van der Waals surface area contributed by atoms with Crippen molar-refractivity contribution in [3.8, 4) is 11.8 Å². The smallest absolute Gasteiger partial charge is 0.337 e. The van der Waals surface area contributed by atoms with Crippen molar-refractivity contribution in [2.75, 3.05) is 40.5 Å². The van der Waals surface area contributed by atoms with Gasteiger partial charge in [0.1, 0.15) is 17.9 Å². The topological polar surface area (TPSA) is 101 Å². The van der Waals surface area contributed by atoms with Crippen LogP contribution in [0.15, 0.2) is 48.5 Å². The zero-order chi connectivity index (χ0) is 24.9. The number of hydrogen-bond donors (Lipinski definition) is 1. The zero-order valence-corrected chi connectivity index (χ0v) is 20.2. The van der Waals surface area contributed by atoms with Gasteiger partial charge in [-0.15, -0.1) is 0 Å². The van der Waals surface area contributed by atoms with E-state index in [-0.39, 0.29) is 11.9 Å². The van der Waals surface area contributed by atoms with E-state index in [1.165, 1.54) is 7.11 Å². The average Bonchev–Trinajstić information content (AvgIpc) is 3.69. The molecule has 4 rings (SSSR count). The average molecular weight is 478 g/mol. The quantitative estimate of drug-likeness (QED) is 0.554. The van der Waals surface area contributed by atoms with Gasteiger partial charge in [0.25, 0.3) is 0 Å². The number of rotatable bonds is 9. The number of esters is 1. The minimum Gasteiger partial charge on any atom is -0.492 e. The minimum atomic E-state index is -0.687. The summed E-state index contributed by atoms with van der Waals surface area (Å²) >= 11 is 0. The highest BCUT2D eigenvalue weighted by Crippen LogP contribution is 2.46. The van der Waals surface area contributed by atoms with Crippen molar-refractivity contribution in [2.24, 2.45) is 0 Å². The van der Waals surface area contributed by atoms with Crippen LogP contribution in [0.2, 0.25) is 0 Å². The Morgan fingerprint density at radius 3 is 2.29 bits per heavy atom. The molecule has 0 aromatic heterocycles. The van der Waals surface area contributed by atoms with Crippen LogP contribution in [0.25, 0.3) is 0 Å². The molecule has 0 unspecified atom stereocenters.